The van der Waals surface area contributed by atoms with Crippen LogP contribution in [0.1, 0.15) is 18.1 Å². The molecule has 0 aliphatic rings. The quantitative estimate of drug-likeness (QED) is 0.516. The Labute approximate surface area is 62.3 Å². The summed E-state index contributed by atoms with van der Waals surface area (Å²) in [6, 6.07) is 2.15. The molecule has 54 valence electrons. The minimum absolute atomic E-state index is 1.06. The van der Waals surface area contributed by atoms with Gasteiger partial charge in [-0.3, -0.25) is 0 Å². The maximum absolute atomic E-state index is 2.18. The first-order valence-electron chi connectivity index (χ1n) is 3.70. The van der Waals surface area contributed by atoms with E-state index < -0.39 is 0 Å². The molecular formula is C9H14N+. The van der Waals surface area contributed by atoms with Gasteiger partial charge in [0.2, 0.25) is 0 Å². The smallest absolute Gasteiger partial charge is 0.171 e. The molecule has 0 amide bonds. The molecule has 10 heavy (non-hydrogen) atoms. The second-order valence-corrected chi connectivity index (χ2v) is 2.64. The van der Waals surface area contributed by atoms with Crippen molar-refractivity contribution in [3.05, 3.63) is 29.6 Å². The second kappa shape index (κ2) is 2.82. The van der Waals surface area contributed by atoms with Crippen molar-refractivity contribution in [2.45, 2.75) is 27.3 Å². The lowest BCUT2D eigenvalue weighted by Crippen LogP contribution is -2.31. The zero-order valence-corrected chi connectivity index (χ0v) is 6.89. The number of hydrogen-bond acceptors (Lipinski definition) is 0. The molecule has 1 heteroatoms. The highest BCUT2D eigenvalue weighted by Gasteiger charge is 1.98. The Balaban J connectivity index is 3.04. The van der Waals surface area contributed by atoms with Crippen LogP contribution in [0.5, 0.6) is 0 Å². The summed E-state index contributed by atoms with van der Waals surface area (Å²) in [5.74, 6) is 0. The normalized spacial score (nSPS) is 9.90. The van der Waals surface area contributed by atoms with Gasteiger partial charge in [-0.05, 0) is 26.3 Å². The number of pyridine rings is 1. The largest absolute Gasteiger partial charge is 0.205 e. The van der Waals surface area contributed by atoms with Gasteiger partial charge in [0.15, 0.2) is 12.4 Å². The SMILES string of the molecule is CC[n+]1ccc(C)c(C)c1. The molecule has 1 aromatic rings. The molecule has 0 unspecified atom stereocenters. The topological polar surface area (TPSA) is 3.88 Å². The van der Waals surface area contributed by atoms with E-state index in [4.69, 9.17) is 0 Å². The van der Waals surface area contributed by atoms with Gasteiger partial charge in [-0.2, -0.15) is 0 Å². The third-order valence-corrected chi connectivity index (χ3v) is 1.86. The van der Waals surface area contributed by atoms with Crippen molar-refractivity contribution < 1.29 is 4.57 Å². The van der Waals surface area contributed by atoms with Crippen LogP contribution in [0.4, 0.5) is 0 Å². The number of aryl methyl sites for hydroxylation is 3. The fraction of sp³-hybridized carbons (Fsp3) is 0.444. The molecule has 0 aliphatic carbocycles. The van der Waals surface area contributed by atoms with Gasteiger partial charge >= 0.3 is 0 Å². The highest BCUT2D eigenvalue weighted by Crippen LogP contribution is 1.99. The van der Waals surface area contributed by atoms with Crippen LogP contribution in [-0.2, 0) is 6.54 Å². The maximum atomic E-state index is 2.18. The third kappa shape index (κ3) is 1.35. The van der Waals surface area contributed by atoms with E-state index >= 15 is 0 Å². The fourth-order valence-electron chi connectivity index (χ4n) is 0.929. The second-order valence-electron chi connectivity index (χ2n) is 2.64. The summed E-state index contributed by atoms with van der Waals surface area (Å²) in [7, 11) is 0. The Bertz CT molecular complexity index is 228. The van der Waals surface area contributed by atoms with E-state index in [0.29, 0.717) is 0 Å². The molecule has 0 radical (unpaired) electrons. The van der Waals surface area contributed by atoms with E-state index in [-0.39, 0.29) is 0 Å². The lowest BCUT2D eigenvalue weighted by molar-refractivity contribution is -0.693. The molecule has 0 fully saturated rings. The molecule has 0 aliphatic heterocycles. The summed E-state index contributed by atoms with van der Waals surface area (Å²) in [4.78, 5) is 0. The van der Waals surface area contributed by atoms with Crippen LogP contribution in [-0.4, -0.2) is 0 Å². The summed E-state index contributed by atoms with van der Waals surface area (Å²) in [6.45, 7) is 7.48. The molecule has 0 bridgehead atoms. The Morgan fingerprint density at radius 1 is 1.30 bits per heavy atom. The van der Waals surface area contributed by atoms with Crippen LogP contribution in [0.3, 0.4) is 0 Å². The van der Waals surface area contributed by atoms with E-state index in [0.717, 1.165) is 6.54 Å². The van der Waals surface area contributed by atoms with Crippen LogP contribution in [0.25, 0.3) is 0 Å². The van der Waals surface area contributed by atoms with E-state index in [9.17, 15) is 0 Å². The molecule has 0 aromatic carbocycles. The standard InChI is InChI=1S/C9H14N/c1-4-10-6-5-8(2)9(3)7-10/h5-7H,4H2,1-3H3/q+1. The lowest BCUT2D eigenvalue weighted by atomic mass is 10.2. The molecule has 0 N–H and O–H groups in total. The molecule has 1 nitrogen and oxygen atoms in total. The molecule has 1 rings (SSSR count). The highest BCUT2D eigenvalue weighted by molar-refractivity contribution is 5.16. The summed E-state index contributed by atoms with van der Waals surface area (Å²) in [5.41, 5.74) is 2.73. The van der Waals surface area contributed by atoms with E-state index in [1.165, 1.54) is 11.1 Å². The van der Waals surface area contributed by atoms with Crippen LogP contribution >= 0.6 is 0 Å². The number of nitrogens with zero attached hydrogens (tertiary/aromatic N) is 1. The molecule has 0 saturated heterocycles. The van der Waals surface area contributed by atoms with Gasteiger partial charge in [0.1, 0.15) is 6.54 Å². The van der Waals surface area contributed by atoms with Crippen molar-refractivity contribution in [1.82, 2.24) is 0 Å². The summed E-state index contributed by atoms with van der Waals surface area (Å²) in [6.07, 6.45) is 4.29. The first kappa shape index (κ1) is 7.26. The molecule has 0 atom stereocenters. The van der Waals surface area contributed by atoms with Gasteiger partial charge in [-0.1, -0.05) is 0 Å². The molecule has 0 saturated carbocycles. The Hall–Kier alpha value is -0.850. The monoisotopic (exact) mass is 136 g/mol. The van der Waals surface area contributed by atoms with Crippen molar-refractivity contribution in [2.75, 3.05) is 0 Å². The minimum Gasteiger partial charge on any atom is -0.205 e. The van der Waals surface area contributed by atoms with Crippen molar-refractivity contribution >= 4 is 0 Å². The van der Waals surface area contributed by atoms with Gasteiger partial charge in [0.25, 0.3) is 0 Å². The maximum Gasteiger partial charge on any atom is 0.171 e. The van der Waals surface area contributed by atoms with Gasteiger partial charge in [-0.15, -0.1) is 0 Å². The van der Waals surface area contributed by atoms with Crippen molar-refractivity contribution in [2.24, 2.45) is 0 Å². The van der Waals surface area contributed by atoms with E-state index in [1.807, 2.05) is 0 Å². The fourth-order valence-corrected chi connectivity index (χ4v) is 0.929. The zero-order valence-electron chi connectivity index (χ0n) is 6.89. The predicted molar refractivity (Wildman–Crippen MR) is 41.8 cm³/mol. The predicted octanol–water partition coefficient (Wildman–Crippen LogP) is 1.61. The summed E-state index contributed by atoms with van der Waals surface area (Å²) < 4.78 is 2.18. The van der Waals surface area contributed by atoms with Crippen LogP contribution in [0.2, 0.25) is 0 Å². The van der Waals surface area contributed by atoms with Crippen molar-refractivity contribution in [3.63, 3.8) is 0 Å². The van der Waals surface area contributed by atoms with E-state index in [1.54, 1.807) is 0 Å². The molecule has 0 spiro atoms. The average Bonchev–Trinajstić information content (AvgIpc) is 1.95. The Morgan fingerprint density at radius 2 is 2.00 bits per heavy atom. The van der Waals surface area contributed by atoms with Crippen LogP contribution in [0.15, 0.2) is 18.5 Å². The average molecular weight is 136 g/mol. The van der Waals surface area contributed by atoms with Crippen LogP contribution < -0.4 is 4.57 Å². The van der Waals surface area contributed by atoms with Crippen molar-refractivity contribution in [3.8, 4) is 0 Å². The van der Waals surface area contributed by atoms with Gasteiger partial charge < -0.3 is 0 Å². The zero-order chi connectivity index (χ0) is 7.56. The Kier molecular flexibility index (Phi) is 2.05. The molecule has 1 aromatic heterocycles. The third-order valence-electron chi connectivity index (χ3n) is 1.86. The van der Waals surface area contributed by atoms with Gasteiger partial charge in [0.05, 0.1) is 0 Å². The van der Waals surface area contributed by atoms with Crippen molar-refractivity contribution in [1.29, 1.82) is 0 Å². The number of rotatable bonds is 1. The summed E-state index contributed by atoms with van der Waals surface area (Å²) >= 11 is 0. The first-order valence-corrected chi connectivity index (χ1v) is 3.70. The van der Waals surface area contributed by atoms with Crippen LogP contribution in [0, 0.1) is 13.8 Å². The molecule has 1 heterocycles. The van der Waals surface area contributed by atoms with Gasteiger partial charge in [-0.25, -0.2) is 4.57 Å². The molecular weight excluding hydrogens is 122 g/mol. The minimum atomic E-state index is 1.06. The Morgan fingerprint density at radius 3 is 2.50 bits per heavy atom. The highest BCUT2D eigenvalue weighted by atomic mass is 14.9. The van der Waals surface area contributed by atoms with Gasteiger partial charge in [0, 0.05) is 11.6 Å². The summed E-state index contributed by atoms with van der Waals surface area (Å²) in [5, 5.41) is 0. The number of aromatic nitrogens is 1. The van der Waals surface area contributed by atoms with E-state index in [2.05, 4.69) is 43.8 Å². The first-order chi connectivity index (χ1) is 4.74. The number of hydrogen-bond donors (Lipinski definition) is 0. The lowest BCUT2D eigenvalue weighted by Gasteiger charge is -1.96.